The number of rotatable bonds is 3. The van der Waals surface area contributed by atoms with Crippen LogP contribution in [-0.2, 0) is 11.2 Å². The predicted octanol–water partition coefficient (Wildman–Crippen LogP) is 2.18. The number of fused-ring (bicyclic) bond motifs is 1. The average Bonchev–Trinajstić information content (AvgIpc) is 2.75. The van der Waals surface area contributed by atoms with Crippen molar-refractivity contribution >= 4 is 16.9 Å². The number of hydrogen-bond donors (Lipinski definition) is 3. The fraction of sp³-hybridized carbons (Fsp3) is 0.308. The molecule has 1 heterocycles. The lowest BCUT2D eigenvalue weighted by Crippen LogP contribution is -2.21. The maximum atomic E-state index is 10.5. The highest BCUT2D eigenvalue weighted by Crippen LogP contribution is 2.18. The van der Waals surface area contributed by atoms with E-state index in [-0.39, 0.29) is 6.42 Å². The average molecular weight is 235 g/mol. The van der Waals surface area contributed by atoms with Crippen molar-refractivity contribution in [3.05, 3.63) is 36.0 Å². The van der Waals surface area contributed by atoms with Crippen molar-refractivity contribution in [1.29, 1.82) is 0 Å². The fourth-order valence-electron chi connectivity index (χ4n) is 1.60. The molecule has 0 aliphatic carbocycles. The Balaban J connectivity index is 0.000000686. The number of carbonyl (C=O) groups is 1. The molecule has 1 aromatic carbocycles. The van der Waals surface area contributed by atoms with E-state index in [1.807, 2.05) is 38.1 Å². The summed E-state index contributed by atoms with van der Waals surface area (Å²) in [6, 6.07) is 7.59. The molecule has 0 aliphatic rings. The number of aliphatic hydroxyl groups is 1. The molecule has 2 aromatic rings. The van der Waals surface area contributed by atoms with E-state index in [1.54, 1.807) is 6.20 Å². The normalized spacial score (nSPS) is 11.7. The van der Waals surface area contributed by atoms with Gasteiger partial charge in [0.2, 0.25) is 0 Å². The van der Waals surface area contributed by atoms with E-state index >= 15 is 0 Å². The van der Waals surface area contributed by atoms with Crippen LogP contribution in [0.15, 0.2) is 30.5 Å². The van der Waals surface area contributed by atoms with E-state index in [9.17, 15) is 9.90 Å². The first kappa shape index (κ1) is 13.3. The van der Waals surface area contributed by atoms with Crippen molar-refractivity contribution in [2.75, 3.05) is 0 Å². The number of aromatic nitrogens is 1. The summed E-state index contributed by atoms with van der Waals surface area (Å²) in [7, 11) is 0. The maximum absolute atomic E-state index is 10.5. The van der Waals surface area contributed by atoms with Gasteiger partial charge in [0.05, 0.1) is 0 Å². The molecule has 1 aromatic heterocycles. The van der Waals surface area contributed by atoms with Gasteiger partial charge in [-0.15, -0.1) is 0 Å². The van der Waals surface area contributed by atoms with E-state index in [2.05, 4.69) is 4.98 Å². The summed E-state index contributed by atoms with van der Waals surface area (Å²) in [5.41, 5.74) is 1.77. The summed E-state index contributed by atoms with van der Waals surface area (Å²) in [5, 5.41) is 18.8. The Morgan fingerprint density at radius 3 is 2.65 bits per heavy atom. The van der Waals surface area contributed by atoms with Gasteiger partial charge in [0.25, 0.3) is 0 Å². The smallest absolute Gasteiger partial charge is 0.332 e. The van der Waals surface area contributed by atoms with Crippen LogP contribution in [0.4, 0.5) is 0 Å². The van der Waals surface area contributed by atoms with Crippen molar-refractivity contribution in [3.8, 4) is 0 Å². The van der Waals surface area contributed by atoms with Crippen molar-refractivity contribution < 1.29 is 15.0 Å². The summed E-state index contributed by atoms with van der Waals surface area (Å²) in [5.74, 6) is -1.19. The Kier molecular flexibility index (Phi) is 4.72. The zero-order valence-corrected chi connectivity index (χ0v) is 9.97. The minimum Gasteiger partial charge on any atom is -0.479 e. The van der Waals surface area contributed by atoms with E-state index in [0.29, 0.717) is 0 Å². The molecule has 92 valence electrons. The Hall–Kier alpha value is -1.81. The van der Waals surface area contributed by atoms with E-state index in [4.69, 9.17) is 5.11 Å². The van der Waals surface area contributed by atoms with Crippen LogP contribution in [0.2, 0.25) is 0 Å². The first-order valence-corrected chi connectivity index (χ1v) is 5.64. The minimum atomic E-state index is -1.34. The van der Waals surface area contributed by atoms with Crippen LogP contribution in [0.3, 0.4) is 0 Å². The van der Waals surface area contributed by atoms with E-state index < -0.39 is 12.1 Å². The maximum Gasteiger partial charge on any atom is 0.332 e. The highest BCUT2D eigenvalue weighted by Gasteiger charge is 2.15. The number of para-hydroxylation sites is 1. The number of H-pyrrole nitrogens is 1. The van der Waals surface area contributed by atoms with Crippen LogP contribution in [-0.4, -0.2) is 27.3 Å². The highest BCUT2D eigenvalue weighted by molar-refractivity contribution is 5.84. The quantitative estimate of drug-likeness (QED) is 0.763. The molecular formula is C13H17NO3. The van der Waals surface area contributed by atoms with Gasteiger partial charge < -0.3 is 15.2 Å². The zero-order valence-electron chi connectivity index (χ0n) is 9.97. The summed E-state index contributed by atoms with van der Waals surface area (Å²) in [6.45, 7) is 4.00. The van der Waals surface area contributed by atoms with Gasteiger partial charge in [0, 0.05) is 23.5 Å². The van der Waals surface area contributed by atoms with Crippen molar-refractivity contribution in [3.63, 3.8) is 0 Å². The molecular weight excluding hydrogens is 218 g/mol. The Morgan fingerprint density at radius 1 is 1.35 bits per heavy atom. The number of benzene rings is 1. The van der Waals surface area contributed by atoms with Gasteiger partial charge in [0.1, 0.15) is 0 Å². The van der Waals surface area contributed by atoms with Crippen LogP contribution < -0.4 is 0 Å². The number of carboxylic acid groups (broad SMARTS) is 1. The summed E-state index contributed by atoms with van der Waals surface area (Å²) >= 11 is 0. The van der Waals surface area contributed by atoms with Gasteiger partial charge in [-0.1, -0.05) is 32.0 Å². The lowest BCUT2D eigenvalue weighted by atomic mass is 10.1. The molecule has 17 heavy (non-hydrogen) atoms. The molecule has 1 unspecified atom stereocenters. The largest absolute Gasteiger partial charge is 0.479 e. The number of aromatic amines is 1. The van der Waals surface area contributed by atoms with Gasteiger partial charge in [-0.3, -0.25) is 0 Å². The molecule has 4 heteroatoms. The molecule has 0 aliphatic heterocycles. The number of hydrogen-bond acceptors (Lipinski definition) is 2. The third-order valence-corrected chi connectivity index (χ3v) is 2.37. The van der Waals surface area contributed by atoms with Crippen LogP contribution in [0, 0.1) is 0 Å². The number of aliphatic hydroxyl groups excluding tert-OH is 1. The molecule has 0 amide bonds. The van der Waals surface area contributed by atoms with Gasteiger partial charge in [-0.25, -0.2) is 4.79 Å². The lowest BCUT2D eigenvalue weighted by molar-refractivity contribution is -0.146. The molecule has 0 radical (unpaired) electrons. The molecule has 0 saturated heterocycles. The summed E-state index contributed by atoms with van der Waals surface area (Å²) in [4.78, 5) is 13.5. The monoisotopic (exact) mass is 235 g/mol. The topological polar surface area (TPSA) is 73.3 Å². The third kappa shape index (κ3) is 3.07. The van der Waals surface area contributed by atoms with Gasteiger partial charge in [-0.05, 0) is 11.6 Å². The molecule has 0 saturated carbocycles. The molecule has 3 N–H and O–H groups in total. The molecule has 0 spiro atoms. The van der Waals surface area contributed by atoms with Gasteiger partial charge >= 0.3 is 5.97 Å². The predicted molar refractivity (Wildman–Crippen MR) is 67.0 cm³/mol. The number of aliphatic carboxylic acids is 1. The fourth-order valence-corrected chi connectivity index (χ4v) is 1.60. The molecule has 1 atom stereocenters. The molecule has 4 nitrogen and oxygen atoms in total. The Bertz CT molecular complexity index is 490. The third-order valence-electron chi connectivity index (χ3n) is 2.37. The molecule has 0 bridgehead atoms. The zero-order chi connectivity index (χ0) is 12.8. The van der Waals surface area contributed by atoms with Crippen LogP contribution in [0.5, 0.6) is 0 Å². The van der Waals surface area contributed by atoms with Crippen molar-refractivity contribution in [2.24, 2.45) is 0 Å². The van der Waals surface area contributed by atoms with Crippen LogP contribution >= 0.6 is 0 Å². The number of carboxylic acids is 1. The second kappa shape index (κ2) is 6.06. The molecule has 2 rings (SSSR count). The van der Waals surface area contributed by atoms with Crippen LogP contribution in [0.25, 0.3) is 10.9 Å². The highest BCUT2D eigenvalue weighted by atomic mass is 16.4. The lowest BCUT2D eigenvalue weighted by Gasteiger charge is -2.03. The van der Waals surface area contributed by atoms with Crippen LogP contribution in [0.1, 0.15) is 19.4 Å². The van der Waals surface area contributed by atoms with Gasteiger partial charge in [0.15, 0.2) is 6.10 Å². The number of nitrogens with one attached hydrogen (secondary N) is 1. The molecule has 0 fully saturated rings. The van der Waals surface area contributed by atoms with Crippen molar-refractivity contribution in [2.45, 2.75) is 26.4 Å². The second-order valence-electron chi connectivity index (χ2n) is 3.42. The summed E-state index contributed by atoms with van der Waals surface area (Å²) in [6.07, 6.45) is 0.514. The van der Waals surface area contributed by atoms with E-state index in [0.717, 1.165) is 16.5 Å². The minimum absolute atomic E-state index is 0.124. The Labute approximate surface area is 99.9 Å². The summed E-state index contributed by atoms with van der Waals surface area (Å²) < 4.78 is 0. The standard InChI is InChI=1S/C11H11NO3.C2H6/c13-10(11(14)15)5-7-6-12-9-4-2-1-3-8(7)9;1-2/h1-4,6,10,12-13H,5H2,(H,14,15);1-2H3. The van der Waals surface area contributed by atoms with E-state index in [1.165, 1.54) is 0 Å². The first-order chi connectivity index (χ1) is 8.18. The first-order valence-electron chi connectivity index (χ1n) is 5.64. The Morgan fingerprint density at radius 2 is 2.00 bits per heavy atom. The van der Waals surface area contributed by atoms with Gasteiger partial charge in [-0.2, -0.15) is 0 Å². The van der Waals surface area contributed by atoms with Crippen molar-refractivity contribution in [1.82, 2.24) is 4.98 Å². The SMILES string of the molecule is CC.O=C(O)C(O)Cc1c[nH]c2ccccc12. The second-order valence-corrected chi connectivity index (χ2v) is 3.42.